The number of hydrogen-bond acceptors (Lipinski definition) is 6. The highest BCUT2D eigenvalue weighted by Crippen LogP contribution is 2.48. The van der Waals surface area contributed by atoms with E-state index in [2.05, 4.69) is 15.1 Å². The van der Waals surface area contributed by atoms with Crippen molar-refractivity contribution in [2.45, 2.75) is 42.6 Å². The van der Waals surface area contributed by atoms with Gasteiger partial charge in [0.2, 0.25) is 9.84 Å². The van der Waals surface area contributed by atoms with Gasteiger partial charge in [-0.3, -0.25) is 4.98 Å². The Labute approximate surface area is 152 Å². The fraction of sp³-hybridized carbons (Fsp3) is 0.529. The van der Waals surface area contributed by atoms with Crippen LogP contribution in [0.25, 0.3) is 0 Å². The Morgan fingerprint density at radius 2 is 2.19 bits per heavy atom. The topological polar surface area (TPSA) is 98.0 Å². The van der Waals surface area contributed by atoms with E-state index in [1.54, 1.807) is 25.5 Å². The van der Waals surface area contributed by atoms with E-state index in [-0.39, 0.29) is 11.1 Å². The molecule has 2 aromatic rings. The number of carbonyl (C=O) groups excluding carboxylic acids is 1. The lowest BCUT2D eigenvalue weighted by Crippen LogP contribution is -2.32. The van der Waals surface area contributed by atoms with Gasteiger partial charge in [-0.2, -0.15) is 4.68 Å². The standard InChI is InChI=1S/C17H21N5O3S/c1-21(10-13-3-2-6-18-9-13)17(23)22-11-19-16(20-22)26(24,25)15-8-12-4-5-14(15)7-12/h2-3,6,9,11-12,14-15H,4-5,7-8,10H2,1H3/t12-,14+,15+/m0/s1. The van der Waals surface area contributed by atoms with Crippen LogP contribution < -0.4 is 0 Å². The van der Waals surface area contributed by atoms with Gasteiger partial charge in [0.25, 0.3) is 5.16 Å². The van der Waals surface area contributed by atoms with Gasteiger partial charge in [0.05, 0.1) is 5.25 Å². The fourth-order valence-electron chi connectivity index (χ4n) is 4.18. The number of pyridine rings is 1. The maximum atomic E-state index is 12.8. The third kappa shape index (κ3) is 3.00. The molecular formula is C17H21N5O3S. The average Bonchev–Trinajstić information content (AvgIpc) is 3.38. The van der Waals surface area contributed by atoms with Gasteiger partial charge >= 0.3 is 6.03 Å². The van der Waals surface area contributed by atoms with Crippen LogP contribution >= 0.6 is 0 Å². The van der Waals surface area contributed by atoms with Crippen molar-refractivity contribution in [1.29, 1.82) is 0 Å². The Morgan fingerprint density at radius 1 is 1.35 bits per heavy atom. The number of hydrogen-bond donors (Lipinski definition) is 0. The number of sulfone groups is 1. The molecule has 0 N–H and O–H groups in total. The largest absolute Gasteiger partial charge is 0.346 e. The van der Waals surface area contributed by atoms with Crippen molar-refractivity contribution in [3.8, 4) is 0 Å². The maximum Gasteiger partial charge on any atom is 0.346 e. The molecule has 0 spiro atoms. The molecule has 2 aliphatic carbocycles. The first-order valence-corrected chi connectivity index (χ1v) is 10.3. The van der Waals surface area contributed by atoms with Crippen LogP contribution in [0, 0.1) is 11.8 Å². The first-order valence-electron chi connectivity index (χ1n) is 8.75. The number of carbonyl (C=O) groups is 1. The maximum absolute atomic E-state index is 12.8. The molecule has 8 nitrogen and oxygen atoms in total. The number of nitrogens with zero attached hydrogens (tertiary/aromatic N) is 5. The zero-order chi connectivity index (χ0) is 18.3. The molecule has 1 amide bonds. The summed E-state index contributed by atoms with van der Waals surface area (Å²) in [5, 5.41) is 3.34. The second kappa shape index (κ2) is 6.46. The van der Waals surface area contributed by atoms with Gasteiger partial charge in [-0.05, 0) is 42.7 Å². The number of aromatic nitrogens is 4. The molecule has 26 heavy (non-hydrogen) atoms. The van der Waals surface area contributed by atoms with E-state index in [1.807, 2.05) is 6.07 Å². The summed E-state index contributed by atoms with van der Waals surface area (Å²) in [7, 11) is -1.96. The Morgan fingerprint density at radius 3 is 2.85 bits per heavy atom. The average molecular weight is 375 g/mol. The molecule has 0 unspecified atom stereocenters. The Bertz CT molecular complexity index is 911. The quantitative estimate of drug-likeness (QED) is 0.807. The first-order chi connectivity index (χ1) is 12.4. The molecule has 2 saturated carbocycles. The van der Waals surface area contributed by atoms with E-state index in [0.29, 0.717) is 18.9 Å². The van der Waals surface area contributed by atoms with E-state index in [4.69, 9.17) is 0 Å². The summed E-state index contributed by atoms with van der Waals surface area (Å²) in [6.07, 6.45) is 8.28. The zero-order valence-corrected chi connectivity index (χ0v) is 15.3. The smallest absolute Gasteiger partial charge is 0.321 e. The fourth-order valence-corrected chi connectivity index (χ4v) is 6.13. The van der Waals surface area contributed by atoms with E-state index < -0.39 is 21.1 Å². The monoisotopic (exact) mass is 375 g/mol. The molecule has 4 rings (SSSR count). The van der Waals surface area contributed by atoms with E-state index in [0.717, 1.165) is 29.5 Å². The van der Waals surface area contributed by atoms with Crippen LogP contribution in [0.15, 0.2) is 36.0 Å². The first kappa shape index (κ1) is 17.1. The molecule has 2 bridgehead atoms. The Hall–Kier alpha value is -2.29. The molecule has 0 aliphatic heterocycles. The van der Waals surface area contributed by atoms with E-state index in [1.165, 1.54) is 11.2 Å². The van der Waals surface area contributed by atoms with Crippen molar-refractivity contribution in [3.05, 3.63) is 36.4 Å². The number of amides is 1. The Balaban J connectivity index is 1.49. The summed E-state index contributed by atoms with van der Waals surface area (Å²) in [6.45, 7) is 0.348. The number of rotatable bonds is 4. The summed E-state index contributed by atoms with van der Waals surface area (Å²) < 4.78 is 26.7. The van der Waals surface area contributed by atoms with Crippen molar-refractivity contribution in [3.63, 3.8) is 0 Å². The molecule has 138 valence electrons. The highest BCUT2D eigenvalue weighted by molar-refractivity contribution is 7.91. The third-order valence-corrected chi connectivity index (χ3v) is 7.53. The normalized spacial score (nSPS) is 24.7. The van der Waals surface area contributed by atoms with Crippen LogP contribution in [0.1, 0.15) is 31.2 Å². The van der Waals surface area contributed by atoms with E-state index in [9.17, 15) is 13.2 Å². The van der Waals surface area contributed by atoms with Gasteiger partial charge in [-0.15, -0.1) is 5.10 Å². The molecule has 0 aromatic carbocycles. The molecule has 2 heterocycles. The zero-order valence-electron chi connectivity index (χ0n) is 14.5. The van der Waals surface area contributed by atoms with Crippen LogP contribution in [0.3, 0.4) is 0 Å². The van der Waals surface area contributed by atoms with Gasteiger partial charge in [-0.1, -0.05) is 12.5 Å². The summed E-state index contributed by atoms with van der Waals surface area (Å²) in [4.78, 5) is 21.9. The second-order valence-corrected chi connectivity index (χ2v) is 9.29. The molecule has 2 fully saturated rings. The molecular weight excluding hydrogens is 354 g/mol. The minimum Gasteiger partial charge on any atom is -0.321 e. The van der Waals surface area contributed by atoms with Crippen molar-refractivity contribution in [2.75, 3.05) is 7.05 Å². The summed E-state index contributed by atoms with van der Waals surface area (Å²) in [6, 6.07) is 3.22. The molecule has 0 radical (unpaired) electrons. The van der Waals surface area contributed by atoms with Crippen LogP contribution in [0.5, 0.6) is 0 Å². The van der Waals surface area contributed by atoms with Crippen molar-refractivity contribution in [2.24, 2.45) is 11.8 Å². The second-order valence-electron chi connectivity index (χ2n) is 7.23. The number of fused-ring (bicyclic) bond motifs is 2. The SMILES string of the molecule is CN(Cc1cccnc1)C(=O)n1cnc(S(=O)(=O)[C@@H]2C[C@H]3CC[C@@H]2C3)n1. The van der Waals surface area contributed by atoms with Gasteiger partial charge in [-0.25, -0.2) is 18.2 Å². The van der Waals surface area contributed by atoms with Gasteiger partial charge in [0.1, 0.15) is 6.33 Å². The third-order valence-electron chi connectivity index (χ3n) is 5.46. The lowest BCUT2D eigenvalue weighted by Gasteiger charge is -2.20. The van der Waals surface area contributed by atoms with E-state index >= 15 is 0 Å². The van der Waals surface area contributed by atoms with Crippen LogP contribution in [-0.4, -0.2) is 51.4 Å². The Kier molecular flexibility index (Phi) is 4.26. The predicted octanol–water partition coefficient (Wildman–Crippen LogP) is 1.74. The lowest BCUT2D eigenvalue weighted by molar-refractivity contribution is 0.205. The highest BCUT2D eigenvalue weighted by atomic mass is 32.2. The van der Waals surface area contributed by atoms with Crippen LogP contribution in [-0.2, 0) is 16.4 Å². The van der Waals surface area contributed by atoms with Crippen LogP contribution in [0.4, 0.5) is 4.79 Å². The van der Waals surface area contributed by atoms with Gasteiger partial charge in [0.15, 0.2) is 0 Å². The van der Waals surface area contributed by atoms with Crippen LogP contribution in [0.2, 0.25) is 0 Å². The summed E-state index contributed by atoms with van der Waals surface area (Å²) in [5.41, 5.74) is 0.873. The molecule has 2 aromatic heterocycles. The lowest BCUT2D eigenvalue weighted by atomic mass is 10.0. The van der Waals surface area contributed by atoms with Crippen molar-refractivity contribution >= 4 is 15.9 Å². The van der Waals surface area contributed by atoms with Gasteiger partial charge < -0.3 is 4.90 Å². The molecule has 2 aliphatic rings. The highest BCUT2D eigenvalue weighted by Gasteiger charge is 2.47. The minimum absolute atomic E-state index is 0.209. The summed E-state index contributed by atoms with van der Waals surface area (Å²) in [5.74, 6) is 0.718. The minimum atomic E-state index is -3.59. The molecule has 9 heteroatoms. The van der Waals surface area contributed by atoms with Gasteiger partial charge in [0, 0.05) is 26.0 Å². The van der Waals surface area contributed by atoms with Crippen molar-refractivity contribution < 1.29 is 13.2 Å². The molecule has 0 saturated heterocycles. The van der Waals surface area contributed by atoms with Crippen molar-refractivity contribution in [1.82, 2.24) is 24.6 Å². The summed E-state index contributed by atoms with van der Waals surface area (Å²) >= 11 is 0. The predicted molar refractivity (Wildman–Crippen MR) is 92.9 cm³/mol. The molecule has 3 atom stereocenters.